The molecule has 0 spiro atoms. The van der Waals surface area contributed by atoms with Gasteiger partial charge in [0, 0.05) is 12.5 Å². The summed E-state index contributed by atoms with van der Waals surface area (Å²) < 4.78 is 5.52. The first-order valence-electron chi connectivity index (χ1n) is 7.36. The van der Waals surface area contributed by atoms with Crippen molar-refractivity contribution in [1.82, 2.24) is 10.6 Å². The molecule has 0 radical (unpaired) electrons. The number of aliphatic carboxylic acids is 1. The van der Waals surface area contributed by atoms with Gasteiger partial charge in [0.1, 0.15) is 11.8 Å². The molecule has 0 saturated carbocycles. The summed E-state index contributed by atoms with van der Waals surface area (Å²) in [5.41, 5.74) is 0.669. The van der Waals surface area contributed by atoms with E-state index in [-0.39, 0.29) is 12.3 Å². The summed E-state index contributed by atoms with van der Waals surface area (Å²) in [5, 5.41) is 13.9. The Morgan fingerprint density at radius 3 is 2.43 bits per heavy atom. The van der Waals surface area contributed by atoms with E-state index in [0.29, 0.717) is 17.9 Å². The van der Waals surface area contributed by atoms with Crippen molar-refractivity contribution in [2.45, 2.75) is 39.3 Å². The van der Waals surface area contributed by atoms with E-state index in [1.54, 1.807) is 24.3 Å². The van der Waals surface area contributed by atoms with Gasteiger partial charge in [0.15, 0.2) is 0 Å². The van der Waals surface area contributed by atoms with Crippen LogP contribution in [0.3, 0.4) is 0 Å². The standard InChI is InChI=1S/C16H22N2O5/c1-4-23-14-8-6-5-7-12(14)13(18-11(3)19)9-15(20)17-10(2)16(21)22/h5-8,10,13H,4,9H2,1-3H3,(H,17,20)(H,18,19)(H,21,22)/t10-,13?/m1/s1. The molecular weight excluding hydrogens is 300 g/mol. The van der Waals surface area contributed by atoms with Crippen molar-refractivity contribution in [3.8, 4) is 5.75 Å². The van der Waals surface area contributed by atoms with Crippen LogP contribution >= 0.6 is 0 Å². The van der Waals surface area contributed by atoms with Gasteiger partial charge in [0.05, 0.1) is 19.1 Å². The lowest BCUT2D eigenvalue weighted by Gasteiger charge is -2.21. The number of rotatable bonds is 8. The van der Waals surface area contributed by atoms with Gasteiger partial charge in [0.25, 0.3) is 0 Å². The van der Waals surface area contributed by atoms with Crippen LogP contribution in [-0.4, -0.2) is 35.5 Å². The Morgan fingerprint density at radius 2 is 1.87 bits per heavy atom. The molecule has 0 aliphatic rings. The third-order valence-corrected chi connectivity index (χ3v) is 3.11. The predicted octanol–water partition coefficient (Wildman–Crippen LogP) is 1.24. The molecule has 126 valence electrons. The van der Waals surface area contributed by atoms with Crippen LogP contribution in [0.15, 0.2) is 24.3 Å². The van der Waals surface area contributed by atoms with Crippen LogP contribution in [0.5, 0.6) is 5.75 Å². The van der Waals surface area contributed by atoms with Gasteiger partial charge in [-0.15, -0.1) is 0 Å². The topological polar surface area (TPSA) is 105 Å². The Bertz CT molecular complexity index is 573. The van der Waals surface area contributed by atoms with E-state index < -0.39 is 24.0 Å². The molecule has 2 atom stereocenters. The fraction of sp³-hybridized carbons (Fsp3) is 0.438. The molecule has 0 bridgehead atoms. The summed E-state index contributed by atoms with van der Waals surface area (Å²) in [5.74, 6) is -1.30. The minimum absolute atomic E-state index is 0.0821. The normalized spacial score (nSPS) is 12.8. The number of para-hydroxylation sites is 1. The summed E-state index contributed by atoms with van der Waals surface area (Å²) in [6.07, 6.45) is -0.0821. The zero-order valence-corrected chi connectivity index (χ0v) is 13.5. The summed E-state index contributed by atoms with van der Waals surface area (Å²) in [6, 6.07) is 5.50. The minimum atomic E-state index is -1.12. The monoisotopic (exact) mass is 322 g/mol. The molecule has 3 N–H and O–H groups in total. The second-order valence-electron chi connectivity index (χ2n) is 5.06. The van der Waals surface area contributed by atoms with Crippen molar-refractivity contribution >= 4 is 17.8 Å². The molecule has 2 amide bonds. The number of hydrogen-bond acceptors (Lipinski definition) is 4. The summed E-state index contributed by atoms with van der Waals surface area (Å²) >= 11 is 0. The highest BCUT2D eigenvalue weighted by Gasteiger charge is 2.22. The average Bonchev–Trinajstić information content (AvgIpc) is 2.46. The Balaban J connectivity index is 2.95. The quantitative estimate of drug-likeness (QED) is 0.668. The zero-order valence-electron chi connectivity index (χ0n) is 13.5. The molecule has 1 unspecified atom stereocenters. The van der Waals surface area contributed by atoms with E-state index in [1.165, 1.54) is 13.8 Å². The number of carboxylic acid groups (broad SMARTS) is 1. The fourth-order valence-electron chi connectivity index (χ4n) is 2.09. The van der Waals surface area contributed by atoms with Gasteiger partial charge in [-0.25, -0.2) is 0 Å². The Kier molecular flexibility index (Phi) is 7.05. The van der Waals surface area contributed by atoms with Crippen LogP contribution in [0.1, 0.15) is 38.8 Å². The van der Waals surface area contributed by atoms with Crippen molar-refractivity contribution in [1.29, 1.82) is 0 Å². The smallest absolute Gasteiger partial charge is 0.325 e. The maximum Gasteiger partial charge on any atom is 0.325 e. The van der Waals surface area contributed by atoms with Gasteiger partial charge in [-0.05, 0) is 19.9 Å². The molecule has 0 aromatic heterocycles. The molecule has 1 rings (SSSR count). The van der Waals surface area contributed by atoms with Crippen molar-refractivity contribution in [2.24, 2.45) is 0 Å². The van der Waals surface area contributed by atoms with Crippen LogP contribution in [0.4, 0.5) is 0 Å². The Morgan fingerprint density at radius 1 is 1.22 bits per heavy atom. The van der Waals surface area contributed by atoms with Crippen molar-refractivity contribution in [3.05, 3.63) is 29.8 Å². The van der Waals surface area contributed by atoms with Gasteiger partial charge >= 0.3 is 5.97 Å². The second-order valence-corrected chi connectivity index (χ2v) is 5.06. The predicted molar refractivity (Wildman–Crippen MR) is 84.0 cm³/mol. The minimum Gasteiger partial charge on any atom is -0.494 e. The third-order valence-electron chi connectivity index (χ3n) is 3.11. The molecule has 0 aliphatic heterocycles. The number of carboxylic acids is 1. The third kappa shape index (κ3) is 5.98. The first-order valence-corrected chi connectivity index (χ1v) is 7.36. The highest BCUT2D eigenvalue weighted by molar-refractivity contribution is 5.84. The van der Waals surface area contributed by atoms with Gasteiger partial charge in [-0.2, -0.15) is 0 Å². The highest BCUT2D eigenvalue weighted by Crippen LogP contribution is 2.27. The summed E-state index contributed by atoms with van der Waals surface area (Å²) in [4.78, 5) is 34.3. The lowest BCUT2D eigenvalue weighted by Crippen LogP contribution is -2.40. The van der Waals surface area contributed by atoms with E-state index in [9.17, 15) is 14.4 Å². The number of carbonyl (C=O) groups excluding carboxylic acids is 2. The van der Waals surface area contributed by atoms with Gasteiger partial charge in [0.2, 0.25) is 11.8 Å². The molecule has 1 aromatic rings. The SMILES string of the molecule is CCOc1ccccc1C(CC(=O)N[C@H](C)C(=O)O)NC(C)=O. The highest BCUT2D eigenvalue weighted by atomic mass is 16.5. The molecule has 23 heavy (non-hydrogen) atoms. The second kappa shape index (κ2) is 8.77. The zero-order chi connectivity index (χ0) is 17.4. The maximum absolute atomic E-state index is 12.0. The fourth-order valence-corrected chi connectivity index (χ4v) is 2.09. The van der Waals surface area contributed by atoms with Crippen LogP contribution in [-0.2, 0) is 14.4 Å². The van der Waals surface area contributed by atoms with Crippen LogP contribution in [0.2, 0.25) is 0 Å². The summed E-state index contributed by atoms with van der Waals surface area (Å²) in [6.45, 7) is 5.02. The van der Waals surface area contributed by atoms with Crippen LogP contribution in [0, 0.1) is 0 Å². The molecule has 0 saturated heterocycles. The molecular formula is C16H22N2O5. The molecule has 0 aliphatic carbocycles. The van der Waals surface area contributed by atoms with Gasteiger partial charge in [-0.1, -0.05) is 18.2 Å². The van der Waals surface area contributed by atoms with E-state index >= 15 is 0 Å². The first-order chi connectivity index (χ1) is 10.8. The largest absolute Gasteiger partial charge is 0.494 e. The Labute approximate surface area is 135 Å². The molecule has 7 heteroatoms. The van der Waals surface area contributed by atoms with Gasteiger partial charge in [-0.3, -0.25) is 14.4 Å². The van der Waals surface area contributed by atoms with E-state index in [0.717, 1.165) is 0 Å². The number of hydrogen-bond donors (Lipinski definition) is 3. The van der Waals surface area contributed by atoms with E-state index in [2.05, 4.69) is 10.6 Å². The van der Waals surface area contributed by atoms with Crippen LogP contribution in [0.25, 0.3) is 0 Å². The lowest BCUT2D eigenvalue weighted by molar-refractivity contribution is -0.141. The average molecular weight is 322 g/mol. The molecule has 0 fully saturated rings. The Hall–Kier alpha value is -2.57. The molecule has 0 heterocycles. The number of benzene rings is 1. The number of ether oxygens (including phenoxy) is 1. The van der Waals surface area contributed by atoms with Crippen LogP contribution < -0.4 is 15.4 Å². The number of carbonyl (C=O) groups is 3. The maximum atomic E-state index is 12.0. The lowest BCUT2D eigenvalue weighted by atomic mass is 10.0. The van der Waals surface area contributed by atoms with E-state index in [4.69, 9.17) is 9.84 Å². The first kappa shape index (κ1) is 18.5. The van der Waals surface area contributed by atoms with Crippen molar-refractivity contribution in [2.75, 3.05) is 6.61 Å². The molecule has 7 nitrogen and oxygen atoms in total. The van der Waals surface area contributed by atoms with Crippen molar-refractivity contribution < 1.29 is 24.2 Å². The summed E-state index contributed by atoms with van der Waals surface area (Å²) in [7, 11) is 0. The van der Waals surface area contributed by atoms with E-state index in [1.807, 2.05) is 6.92 Å². The molecule has 1 aromatic carbocycles. The number of amides is 2. The number of nitrogens with one attached hydrogen (secondary N) is 2. The van der Waals surface area contributed by atoms with Gasteiger partial charge < -0.3 is 20.5 Å². The van der Waals surface area contributed by atoms with Crippen molar-refractivity contribution in [3.63, 3.8) is 0 Å².